The van der Waals surface area contributed by atoms with Gasteiger partial charge in [0, 0.05) is 27.7 Å². The van der Waals surface area contributed by atoms with Crippen LogP contribution < -0.4 is 4.74 Å². The van der Waals surface area contributed by atoms with Crippen molar-refractivity contribution >= 4 is 33.5 Å². The number of nitro benzene ring substituents is 1. The summed E-state index contributed by atoms with van der Waals surface area (Å²) in [6, 6.07) is 21.9. The Hall–Kier alpha value is -3.76. The van der Waals surface area contributed by atoms with Crippen LogP contribution in [-0.2, 0) is 6.61 Å². The van der Waals surface area contributed by atoms with Crippen LogP contribution in [0.5, 0.6) is 5.75 Å². The molecule has 0 amide bonds. The number of benzene rings is 3. The van der Waals surface area contributed by atoms with E-state index in [0.29, 0.717) is 17.9 Å². The largest absolute Gasteiger partial charge is 0.488 e. The van der Waals surface area contributed by atoms with E-state index in [1.54, 1.807) is 24.3 Å². The van der Waals surface area contributed by atoms with E-state index < -0.39 is 10.7 Å². The Morgan fingerprint density at radius 1 is 1.10 bits per heavy atom. The zero-order chi connectivity index (χ0) is 21.5. The van der Waals surface area contributed by atoms with E-state index in [2.05, 4.69) is 15.9 Å². The number of carbonyl (C=O) groups is 1. The second-order valence-corrected chi connectivity index (χ2v) is 7.18. The zero-order valence-corrected chi connectivity index (χ0v) is 17.2. The molecule has 0 fully saturated rings. The summed E-state index contributed by atoms with van der Waals surface area (Å²) < 4.78 is 6.84. The van der Waals surface area contributed by atoms with Gasteiger partial charge in [0.2, 0.25) is 5.78 Å². The summed E-state index contributed by atoms with van der Waals surface area (Å²) in [5.74, 6) is -0.0797. The Balaban J connectivity index is 1.86. The molecule has 0 spiro atoms. The van der Waals surface area contributed by atoms with E-state index in [1.165, 1.54) is 24.3 Å². The summed E-state index contributed by atoms with van der Waals surface area (Å²) >= 11 is 3.38. The first kappa shape index (κ1) is 21.0. The van der Waals surface area contributed by atoms with Crippen molar-refractivity contribution in [3.63, 3.8) is 0 Å². The van der Waals surface area contributed by atoms with E-state index in [1.807, 2.05) is 30.3 Å². The fourth-order valence-corrected chi connectivity index (χ4v) is 2.96. The minimum atomic E-state index is -0.594. The smallest absolute Gasteiger partial charge is 0.270 e. The average molecular weight is 463 g/mol. The average Bonchev–Trinajstić information content (AvgIpc) is 2.77. The first-order valence-corrected chi connectivity index (χ1v) is 9.64. The van der Waals surface area contributed by atoms with Gasteiger partial charge < -0.3 is 4.74 Å². The maximum Gasteiger partial charge on any atom is 0.270 e. The molecule has 6 nitrogen and oxygen atoms in total. The number of rotatable bonds is 7. The normalized spacial score (nSPS) is 10.9. The highest BCUT2D eigenvalue weighted by atomic mass is 79.9. The summed E-state index contributed by atoms with van der Waals surface area (Å²) in [4.78, 5) is 23.1. The lowest BCUT2D eigenvalue weighted by atomic mass is 10.0. The molecule has 3 rings (SSSR count). The Kier molecular flexibility index (Phi) is 6.73. The van der Waals surface area contributed by atoms with Gasteiger partial charge in [-0.3, -0.25) is 14.9 Å². The van der Waals surface area contributed by atoms with Gasteiger partial charge in [-0.1, -0.05) is 58.4 Å². The number of para-hydroxylation sites is 1. The van der Waals surface area contributed by atoms with Gasteiger partial charge in [-0.2, -0.15) is 5.26 Å². The summed E-state index contributed by atoms with van der Waals surface area (Å²) in [7, 11) is 0. The summed E-state index contributed by atoms with van der Waals surface area (Å²) in [5.41, 5.74) is 1.24. The molecule has 3 aromatic carbocycles. The molecule has 7 heteroatoms. The zero-order valence-electron chi connectivity index (χ0n) is 15.6. The number of allylic oxidation sites excluding steroid dienone is 1. The molecule has 0 saturated carbocycles. The Morgan fingerprint density at radius 3 is 2.53 bits per heavy atom. The first-order valence-electron chi connectivity index (χ1n) is 8.85. The number of hydrogen-bond donors (Lipinski definition) is 0. The number of halogens is 1. The van der Waals surface area contributed by atoms with E-state index >= 15 is 0 Å². The quantitative estimate of drug-likeness (QED) is 0.147. The molecule has 0 aliphatic rings. The van der Waals surface area contributed by atoms with E-state index in [4.69, 9.17) is 4.74 Å². The molecule has 0 heterocycles. The Bertz CT molecular complexity index is 1160. The molecule has 0 aliphatic heterocycles. The third-order valence-electron chi connectivity index (χ3n) is 4.21. The molecule has 30 heavy (non-hydrogen) atoms. The van der Waals surface area contributed by atoms with E-state index in [9.17, 15) is 20.2 Å². The van der Waals surface area contributed by atoms with Gasteiger partial charge in [-0.25, -0.2) is 0 Å². The summed E-state index contributed by atoms with van der Waals surface area (Å²) in [6.07, 6.45) is 1.43. The highest BCUT2D eigenvalue weighted by Gasteiger charge is 2.16. The Labute approximate surface area is 181 Å². The van der Waals surface area contributed by atoms with Gasteiger partial charge in [0.1, 0.15) is 24.0 Å². The number of carbonyl (C=O) groups excluding carboxylic acids is 1. The summed E-state index contributed by atoms with van der Waals surface area (Å²) in [6.45, 7) is 0.318. The van der Waals surface area contributed by atoms with Crippen LogP contribution in [0.4, 0.5) is 5.69 Å². The van der Waals surface area contributed by atoms with Crippen LogP contribution in [0.15, 0.2) is 82.8 Å². The number of hydrogen-bond acceptors (Lipinski definition) is 5. The maximum atomic E-state index is 12.7. The molecule has 0 atom stereocenters. The molecule has 0 saturated heterocycles. The summed E-state index contributed by atoms with van der Waals surface area (Å²) in [5, 5.41) is 20.5. The van der Waals surface area contributed by atoms with E-state index in [0.717, 1.165) is 16.1 Å². The number of nitro groups is 1. The van der Waals surface area contributed by atoms with Crippen molar-refractivity contribution < 1.29 is 14.5 Å². The van der Waals surface area contributed by atoms with Gasteiger partial charge in [0.25, 0.3) is 5.69 Å². The lowest BCUT2D eigenvalue weighted by molar-refractivity contribution is -0.384. The van der Waals surface area contributed by atoms with Crippen molar-refractivity contribution in [3.05, 3.63) is 110 Å². The molecule has 0 aliphatic carbocycles. The molecule has 0 radical (unpaired) electrons. The number of non-ortho nitro benzene ring substituents is 1. The van der Waals surface area contributed by atoms with Crippen molar-refractivity contribution in [2.75, 3.05) is 0 Å². The molecule has 0 bridgehead atoms. The molecular weight excluding hydrogens is 448 g/mol. The predicted octanol–water partition coefficient (Wildman–Crippen LogP) is 5.73. The highest BCUT2D eigenvalue weighted by Crippen LogP contribution is 2.24. The number of ether oxygens (including phenoxy) is 1. The van der Waals surface area contributed by atoms with Gasteiger partial charge in [0.15, 0.2) is 0 Å². The van der Waals surface area contributed by atoms with Gasteiger partial charge in [-0.15, -0.1) is 0 Å². The van der Waals surface area contributed by atoms with Crippen molar-refractivity contribution in [2.24, 2.45) is 0 Å². The number of Topliss-reactive ketones (excluding diaryl/α,β-unsaturated/α-hetero) is 1. The van der Waals surface area contributed by atoms with Gasteiger partial charge >= 0.3 is 0 Å². The first-order chi connectivity index (χ1) is 14.5. The van der Waals surface area contributed by atoms with Crippen LogP contribution in [0.1, 0.15) is 21.5 Å². The van der Waals surface area contributed by atoms with Crippen LogP contribution in [0, 0.1) is 21.4 Å². The number of nitriles is 1. The lowest BCUT2D eigenvalue weighted by Crippen LogP contribution is -2.03. The maximum absolute atomic E-state index is 12.7. The van der Waals surface area contributed by atoms with Crippen molar-refractivity contribution in [3.8, 4) is 11.8 Å². The third-order valence-corrected chi connectivity index (χ3v) is 4.74. The topological polar surface area (TPSA) is 93.2 Å². The fourth-order valence-electron chi connectivity index (χ4n) is 2.69. The standard InChI is InChI=1S/C23H15BrN2O4/c24-20-10-8-16(9-11-20)15-30-22-7-2-1-4-17(22)12-19(14-25)23(27)18-5-3-6-21(13-18)26(28)29/h1-13H,15H2/b19-12+. The van der Waals surface area contributed by atoms with Crippen LogP contribution in [-0.4, -0.2) is 10.7 Å². The monoisotopic (exact) mass is 462 g/mol. The highest BCUT2D eigenvalue weighted by molar-refractivity contribution is 9.10. The second kappa shape index (κ2) is 9.63. The van der Waals surface area contributed by atoms with Crippen molar-refractivity contribution in [1.82, 2.24) is 0 Å². The number of nitrogens with zero attached hydrogens (tertiary/aromatic N) is 2. The van der Waals surface area contributed by atoms with E-state index in [-0.39, 0.29) is 16.8 Å². The second-order valence-electron chi connectivity index (χ2n) is 6.26. The molecule has 0 aromatic heterocycles. The molecular formula is C23H15BrN2O4. The van der Waals surface area contributed by atoms with Gasteiger partial charge in [-0.05, 0) is 29.8 Å². The van der Waals surface area contributed by atoms with Crippen LogP contribution >= 0.6 is 15.9 Å². The Morgan fingerprint density at radius 2 is 1.83 bits per heavy atom. The predicted molar refractivity (Wildman–Crippen MR) is 116 cm³/mol. The van der Waals surface area contributed by atoms with Crippen molar-refractivity contribution in [1.29, 1.82) is 5.26 Å². The minimum absolute atomic E-state index is 0.0743. The molecule has 0 N–H and O–H groups in total. The van der Waals surface area contributed by atoms with Crippen LogP contribution in [0.25, 0.3) is 6.08 Å². The van der Waals surface area contributed by atoms with Crippen LogP contribution in [0.2, 0.25) is 0 Å². The lowest BCUT2D eigenvalue weighted by Gasteiger charge is -2.10. The molecule has 0 unspecified atom stereocenters. The fraction of sp³-hybridized carbons (Fsp3) is 0.0435. The number of ketones is 1. The van der Waals surface area contributed by atoms with Crippen molar-refractivity contribution in [2.45, 2.75) is 6.61 Å². The third kappa shape index (κ3) is 5.19. The molecule has 148 valence electrons. The SMILES string of the molecule is N#C/C(=C\c1ccccc1OCc1ccc(Br)cc1)C(=O)c1cccc([N+](=O)[O-])c1. The minimum Gasteiger partial charge on any atom is -0.488 e. The van der Waals surface area contributed by atoms with Gasteiger partial charge in [0.05, 0.1) is 4.92 Å². The van der Waals surface area contributed by atoms with Crippen LogP contribution in [0.3, 0.4) is 0 Å². The molecule has 3 aromatic rings.